The van der Waals surface area contributed by atoms with E-state index in [1.165, 1.54) is 28.7 Å². The molecule has 1 N–H and O–H groups in total. The van der Waals surface area contributed by atoms with Crippen LogP contribution in [0.15, 0.2) is 58.5 Å². The molecule has 0 saturated carbocycles. The number of ether oxygens (including phenoxy) is 1. The number of amides is 2. The number of carbonyl (C=O) groups is 3. The minimum Gasteiger partial charge on any atom is -0.465 e. The van der Waals surface area contributed by atoms with Gasteiger partial charge in [0.05, 0.1) is 41.6 Å². The normalized spacial score (nSPS) is 10.9. The first-order valence-corrected chi connectivity index (χ1v) is 12.1. The predicted molar refractivity (Wildman–Crippen MR) is 135 cm³/mol. The molecule has 0 unspecified atom stereocenters. The maximum absolute atomic E-state index is 13.4. The quantitative estimate of drug-likeness (QED) is 0.275. The summed E-state index contributed by atoms with van der Waals surface area (Å²) in [7, 11) is 1.28. The van der Waals surface area contributed by atoms with Crippen LogP contribution in [0, 0.1) is 0 Å². The fourth-order valence-corrected chi connectivity index (χ4v) is 4.36. The highest BCUT2D eigenvalue weighted by Crippen LogP contribution is 2.22. The second-order valence-electron chi connectivity index (χ2n) is 8.01. The largest absolute Gasteiger partial charge is 0.465 e. The van der Waals surface area contributed by atoms with Crippen LogP contribution in [0.25, 0.3) is 16.6 Å². The van der Waals surface area contributed by atoms with Gasteiger partial charge in [0.2, 0.25) is 11.8 Å². The van der Waals surface area contributed by atoms with Gasteiger partial charge in [0.1, 0.15) is 0 Å². The first-order valence-electron chi connectivity index (χ1n) is 11.2. The zero-order valence-electron chi connectivity index (χ0n) is 20.1. The highest BCUT2D eigenvalue weighted by Gasteiger charge is 2.20. The monoisotopic (exact) mass is 496 g/mol. The lowest BCUT2D eigenvalue weighted by atomic mass is 10.1. The van der Waals surface area contributed by atoms with E-state index in [4.69, 9.17) is 4.74 Å². The van der Waals surface area contributed by atoms with Crippen molar-refractivity contribution in [3.8, 4) is 5.69 Å². The van der Waals surface area contributed by atoms with Crippen LogP contribution in [0.3, 0.4) is 0 Å². The highest BCUT2D eigenvalue weighted by molar-refractivity contribution is 7.99. The Bertz CT molecular complexity index is 1290. The standard InChI is InChI=1S/C25H28N4O5S/c1-5-28(14-21(30)26-16(2)3)22(31)15-35-25-27-20-13-17(24(33)34-4)11-12-19(20)23(32)29(25)18-9-7-6-8-10-18/h6-13,16H,5,14-15H2,1-4H3,(H,26,30). The van der Waals surface area contributed by atoms with E-state index in [1.807, 2.05) is 19.9 Å². The molecule has 184 valence electrons. The van der Waals surface area contributed by atoms with E-state index in [1.54, 1.807) is 37.3 Å². The van der Waals surface area contributed by atoms with Crippen molar-refractivity contribution in [2.75, 3.05) is 26.0 Å². The summed E-state index contributed by atoms with van der Waals surface area (Å²) >= 11 is 1.10. The number of benzene rings is 2. The first kappa shape index (κ1) is 26.0. The molecule has 0 atom stereocenters. The predicted octanol–water partition coefficient (Wildman–Crippen LogP) is 2.64. The number of rotatable bonds is 9. The number of nitrogens with one attached hydrogen (secondary N) is 1. The highest BCUT2D eigenvalue weighted by atomic mass is 32.2. The van der Waals surface area contributed by atoms with Crippen molar-refractivity contribution in [3.63, 3.8) is 0 Å². The van der Waals surface area contributed by atoms with Crippen LogP contribution < -0.4 is 10.9 Å². The summed E-state index contributed by atoms with van der Waals surface area (Å²) in [5.41, 5.74) is 0.868. The maximum Gasteiger partial charge on any atom is 0.337 e. The molecule has 35 heavy (non-hydrogen) atoms. The molecule has 0 radical (unpaired) electrons. The molecule has 9 nitrogen and oxygen atoms in total. The molecule has 3 aromatic rings. The van der Waals surface area contributed by atoms with Gasteiger partial charge < -0.3 is 15.0 Å². The molecule has 0 saturated heterocycles. The van der Waals surface area contributed by atoms with Gasteiger partial charge in [0, 0.05) is 12.6 Å². The van der Waals surface area contributed by atoms with Gasteiger partial charge in [-0.1, -0.05) is 30.0 Å². The van der Waals surface area contributed by atoms with Crippen LogP contribution >= 0.6 is 11.8 Å². The lowest BCUT2D eigenvalue weighted by Gasteiger charge is -2.21. The topological polar surface area (TPSA) is 111 Å². The number of carbonyl (C=O) groups excluding carboxylic acids is 3. The summed E-state index contributed by atoms with van der Waals surface area (Å²) in [5.74, 6) is -1.05. The number of hydrogen-bond donors (Lipinski definition) is 1. The Morgan fingerprint density at radius 1 is 1.14 bits per heavy atom. The summed E-state index contributed by atoms with van der Waals surface area (Å²) < 4.78 is 6.22. The van der Waals surface area contributed by atoms with Crippen molar-refractivity contribution in [1.82, 2.24) is 19.8 Å². The number of esters is 1. The second-order valence-corrected chi connectivity index (χ2v) is 8.96. The van der Waals surface area contributed by atoms with Gasteiger partial charge >= 0.3 is 5.97 Å². The molecular weight excluding hydrogens is 468 g/mol. The first-order chi connectivity index (χ1) is 16.7. The number of fused-ring (bicyclic) bond motifs is 1. The van der Waals surface area contributed by atoms with Crippen molar-refractivity contribution in [2.45, 2.75) is 32.0 Å². The zero-order chi connectivity index (χ0) is 25.5. The van der Waals surface area contributed by atoms with E-state index < -0.39 is 5.97 Å². The maximum atomic E-state index is 13.4. The molecular formula is C25H28N4O5S. The van der Waals surface area contributed by atoms with E-state index in [0.29, 0.717) is 28.3 Å². The second kappa shape index (κ2) is 11.7. The minimum absolute atomic E-state index is 0.0235. The molecule has 0 spiro atoms. The van der Waals surface area contributed by atoms with Crippen molar-refractivity contribution in [1.29, 1.82) is 0 Å². The fraction of sp³-hybridized carbons (Fsp3) is 0.320. The SMILES string of the molecule is CCN(CC(=O)NC(C)C)C(=O)CSc1nc2cc(C(=O)OC)ccc2c(=O)n1-c1ccccc1. The van der Waals surface area contributed by atoms with Crippen LogP contribution in [0.5, 0.6) is 0 Å². The molecule has 1 aromatic heterocycles. The molecule has 0 fully saturated rings. The third-order valence-corrected chi connectivity index (χ3v) is 6.04. The van der Waals surface area contributed by atoms with Crippen LogP contribution in [-0.4, -0.2) is 64.2 Å². The van der Waals surface area contributed by atoms with Crippen molar-refractivity contribution in [2.24, 2.45) is 0 Å². The van der Waals surface area contributed by atoms with Crippen molar-refractivity contribution >= 4 is 40.4 Å². The Hall–Kier alpha value is -3.66. The van der Waals surface area contributed by atoms with Crippen LogP contribution in [0.4, 0.5) is 0 Å². The Balaban J connectivity index is 1.97. The van der Waals surface area contributed by atoms with E-state index in [-0.39, 0.29) is 41.3 Å². The summed E-state index contributed by atoms with van der Waals surface area (Å²) in [6.45, 7) is 5.82. The van der Waals surface area contributed by atoms with Crippen LogP contribution in [0.2, 0.25) is 0 Å². The van der Waals surface area contributed by atoms with E-state index in [0.717, 1.165) is 11.8 Å². The average Bonchev–Trinajstić information content (AvgIpc) is 2.85. The number of methoxy groups -OCH3 is 1. The average molecular weight is 497 g/mol. The Kier molecular flexibility index (Phi) is 8.64. The molecule has 3 rings (SSSR count). The van der Waals surface area contributed by atoms with E-state index in [2.05, 4.69) is 10.3 Å². The number of para-hydroxylation sites is 1. The van der Waals surface area contributed by atoms with Gasteiger partial charge in [-0.3, -0.25) is 19.0 Å². The fourth-order valence-electron chi connectivity index (χ4n) is 3.45. The van der Waals surface area contributed by atoms with E-state index >= 15 is 0 Å². The molecule has 0 bridgehead atoms. The number of likely N-dealkylation sites (N-methyl/N-ethyl adjacent to an activating group) is 1. The number of hydrogen-bond acceptors (Lipinski definition) is 7. The number of thioether (sulfide) groups is 1. The van der Waals surface area contributed by atoms with Gasteiger partial charge in [-0.25, -0.2) is 9.78 Å². The lowest BCUT2D eigenvalue weighted by Crippen LogP contribution is -2.43. The van der Waals surface area contributed by atoms with Crippen molar-refractivity contribution in [3.05, 3.63) is 64.4 Å². The lowest BCUT2D eigenvalue weighted by molar-refractivity contribution is -0.134. The Morgan fingerprint density at radius 2 is 1.86 bits per heavy atom. The minimum atomic E-state index is -0.538. The molecule has 2 amide bonds. The summed E-state index contributed by atoms with van der Waals surface area (Å²) in [6.07, 6.45) is 0. The van der Waals surface area contributed by atoms with Gasteiger partial charge in [-0.2, -0.15) is 0 Å². The van der Waals surface area contributed by atoms with Gasteiger partial charge in [-0.15, -0.1) is 0 Å². The molecule has 0 aliphatic heterocycles. The summed E-state index contributed by atoms with van der Waals surface area (Å²) in [6, 6.07) is 13.5. The van der Waals surface area contributed by atoms with Crippen LogP contribution in [-0.2, 0) is 14.3 Å². The summed E-state index contributed by atoms with van der Waals surface area (Å²) in [4.78, 5) is 56.5. The molecule has 2 aromatic carbocycles. The zero-order valence-corrected chi connectivity index (χ0v) is 20.9. The molecule has 0 aliphatic carbocycles. The third-order valence-electron chi connectivity index (χ3n) is 5.12. The van der Waals surface area contributed by atoms with Gasteiger partial charge in [0.15, 0.2) is 5.16 Å². The summed E-state index contributed by atoms with van der Waals surface area (Å²) in [5, 5.41) is 3.41. The Morgan fingerprint density at radius 3 is 2.49 bits per heavy atom. The third kappa shape index (κ3) is 6.27. The van der Waals surface area contributed by atoms with Gasteiger partial charge in [0.25, 0.3) is 5.56 Å². The smallest absolute Gasteiger partial charge is 0.337 e. The molecule has 0 aliphatic rings. The molecule has 1 heterocycles. The number of nitrogens with zero attached hydrogens (tertiary/aromatic N) is 3. The van der Waals surface area contributed by atoms with Gasteiger partial charge in [-0.05, 0) is 51.1 Å². The van der Waals surface area contributed by atoms with Crippen molar-refractivity contribution < 1.29 is 19.1 Å². The Labute approximate surface area is 207 Å². The molecule has 10 heteroatoms. The van der Waals surface area contributed by atoms with Crippen LogP contribution in [0.1, 0.15) is 31.1 Å². The van der Waals surface area contributed by atoms with E-state index in [9.17, 15) is 19.2 Å². The number of aromatic nitrogens is 2.